The Balaban J connectivity index is 1.65. The van der Waals surface area contributed by atoms with Gasteiger partial charge in [-0.25, -0.2) is 4.79 Å². The number of ether oxygens (including phenoxy) is 6. The maximum absolute atomic E-state index is 13.2. The van der Waals surface area contributed by atoms with E-state index in [1.807, 2.05) is 6.92 Å². The van der Waals surface area contributed by atoms with Gasteiger partial charge < -0.3 is 28.4 Å². The van der Waals surface area contributed by atoms with E-state index < -0.39 is 40.6 Å². The van der Waals surface area contributed by atoms with Crippen LogP contribution in [0.2, 0.25) is 0 Å². The summed E-state index contributed by atoms with van der Waals surface area (Å²) in [6, 6.07) is 0. The monoisotopic (exact) mass is 534 g/mol. The topological polar surface area (TPSA) is 110 Å². The lowest BCUT2D eigenvalue weighted by molar-refractivity contribution is -0.278. The van der Waals surface area contributed by atoms with Crippen LogP contribution in [0.25, 0.3) is 0 Å². The second-order valence-corrected chi connectivity index (χ2v) is 12.3. The Bertz CT molecular complexity index is 990. The van der Waals surface area contributed by atoms with Crippen molar-refractivity contribution in [2.45, 2.75) is 104 Å². The zero-order valence-corrected chi connectivity index (χ0v) is 23.4. The number of hydrogen-bond acceptors (Lipinski definition) is 9. The van der Waals surface area contributed by atoms with E-state index in [-0.39, 0.29) is 36.8 Å². The minimum atomic E-state index is -0.902. The number of carbonyl (C=O) groups is 3. The molecule has 0 aromatic heterocycles. The van der Waals surface area contributed by atoms with Crippen LogP contribution >= 0.6 is 0 Å². The number of allylic oxidation sites excluding steroid dienone is 1. The maximum Gasteiger partial charge on any atom is 0.333 e. The minimum absolute atomic E-state index is 0.0139. The molecule has 3 aliphatic heterocycles. The molecule has 5 aliphatic rings. The lowest BCUT2D eigenvalue weighted by Gasteiger charge is -2.65. The van der Waals surface area contributed by atoms with E-state index in [1.54, 1.807) is 13.0 Å². The third kappa shape index (κ3) is 4.20. The van der Waals surface area contributed by atoms with E-state index in [1.165, 1.54) is 13.8 Å². The number of epoxide rings is 1. The normalized spacial score (nSPS) is 45.7. The van der Waals surface area contributed by atoms with Crippen molar-refractivity contribution in [1.82, 2.24) is 0 Å². The van der Waals surface area contributed by atoms with Crippen LogP contribution in [-0.4, -0.2) is 67.9 Å². The molecule has 0 aromatic carbocycles. The van der Waals surface area contributed by atoms with Crippen molar-refractivity contribution in [3.63, 3.8) is 0 Å². The summed E-state index contributed by atoms with van der Waals surface area (Å²) in [5.41, 5.74) is -1.52. The molecule has 0 amide bonds. The van der Waals surface area contributed by atoms with Crippen LogP contribution in [0.15, 0.2) is 11.6 Å². The zero-order chi connectivity index (χ0) is 27.5. The first kappa shape index (κ1) is 27.6. The van der Waals surface area contributed by atoms with Crippen LogP contribution in [0.4, 0.5) is 0 Å². The Morgan fingerprint density at radius 3 is 2.39 bits per heavy atom. The number of esters is 3. The van der Waals surface area contributed by atoms with E-state index in [2.05, 4.69) is 13.8 Å². The van der Waals surface area contributed by atoms with Crippen LogP contribution < -0.4 is 0 Å². The van der Waals surface area contributed by atoms with E-state index in [0.717, 1.165) is 12.8 Å². The fourth-order valence-electron chi connectivity index (χ4n) is 8.19. The standard InChI is InChI=1S/C29H42O9/c1-7-16(2)25(32)37-21-8-10-28(14-35-28)29(15-34-18(4)30)23(36-19(5)31)12-17(3)27(6,24(21)29)22-13-20-9-11-33-26(20)38-22/h7,17,20-24,26H,8-15H2,1-6H3. The van der Waals surface area contributed by atoms with Gasteiger partial charge in [0.15, 0.2) is 6.29 Å². The second kappa shape index (κ2) is 9.89. The number of rotatable bonds is 6. The van der Waals surface area contributed by atoms with Crippen molar-refractivity contribution in [2.75, 3.05) is 19.8 Å². The molecule has 1 spiro atoms. The SMILES string of the molecule is CC=C(C)C(=O)OC1CCC2(CO2)C2(COC(C)=O)C(OC(C)=O)CC(C)C(C)(C3CC4CCOC4O3)C12. The largest absolute Gasteiger partial charge is 0.465 e. The predicted molar refractivity (Wildman–Crippen MR) is 135 cm³/mol. The number of fused-ring (bicyclic) bond motifs is 3. The molecule has 0 radical (unpaired) electrons. The van der Waals surface area contributed by atoms with E-state index in [9.17, 15) is 14.4 Å². The summed E-state index contributed by atoms with van der Waals surface area (Å²) < 4.78 is 36.9. The number of carbonyl (C=O) groups excluding carboxylic acids is 3. The Labute approximate surface area is 224 Å². The molecule has 38 heavy (non-hydrogen) atoms. The van der Waals surface area contributed by atoms with Crippen LogP contribution in [-0.2, 0) is 42.8 Å². The highest BCUT2D eigenvalue weighted by atomic mass is 16.7. The minimum Gasteiger partial charge on any atom is -0.465 e. The van der Waals surface area contributed by atoms with Gasteiger partial charge in [0.05, 0.1) is 24.7 Å². The molecule has 0 aromatic rings. The average molecular weight is 535 g/mol. The van der Waals surface area contributed by atoms with Gasteiger partial charge in [-0.15, -0.1) is 0 Å². The van der Waals surface area contributed by atoms with Gasteiger partial charge in [-0.3, -0.25) is 9.59 Å². The average Bonchev–Trinajstić information content (AvgIpc) is 3.31. The van der Waals surface area contributed by atoms with Crippen LogP contribution in [0.3, 0.4) is 0 Å². The zero-order valence-electron chi connectivity index (χ0n) is 23.4. The van der Waals surface area contributed by atoms with Crippen molar-refractivity contribution in [3.05, 3.63) is 11.6 Å². The van der Waals surface area contributed by atoms with Crippen molar-refractivity contribution in [3.8, 4) is 0 Å². The van der Waals surface area contributed by atoms with Crippen molar-refractivity contribution >= 4 is 17.9 Å². The molecule has 10 atom stereocenters. The van der Waals surface area contributed by atoms with Crippen molar-refractivity contribution in [1.29, 1.82) is 0 Å². The molecule has 2 aliphatic carbocycles. The summed E-state index contributed by atoms with van der Waals surface area (Å²) in [4.78, 5) is 37.8. The second-order valence-electron chi connectivity index (χ2n) is 12.3. The van der Waals surface area contributed by atoms with Gasteiger partial charge in [-0.2, -0.15) is 0 Å². The summed E-state index contributed by atoms with van der Waals surface area (Å²) in [5.74, 6) is -1.17. The molecule has 3 saturated heterocycles. The quantitative estimate of drug-likeness (QED) is 0.218. The first-order valence-electron chi connectivity index (χ1n) is 14.0. The summed E-state index contributed by atoms with van der Waals surface area (Å²) in [7, 11) is 0. The van der Waals surface area contributed by atoms with Gasteiger partial charge in [0.1, 0.15) is 24.4 Å². The smallest absolute Gasteiger partial charge is 0.333 e. The lowest BCUT2D eigenvalue weighted by atomic mass is 9.41. The molecule has 212 valence electrons. The summed E-state index contributed by atoms with van der Waals surface area (Å²) >= 11 is 0. The summed E-state index contributed by atoms with van der Waals surface area (Å²) in [6.45, 7) is 11.9. The molecule has 0 bridgehead atoms. The Hall–Kier alpha value is -1.97. The molecule has 2 saturated carbocycles. The van der Waals surface area contributed by atoms with E-state index >= 15 is 0 Å². The Kier molecular flexibility index (Phi) is 7.18. The molecule has 0 N–H and O–H groups in total. The van der Waals surface area contributed by atoms with Gasteiger partial charge in [-0.1, -0.05) is 19.9 Å². The molecule has 10 unspecified atom stereocenters. The Morgan fingerprint density at radius 2 is 1.79 bits per heavy atom. The molecule has 5 fully saturated rings. The third-order valence-corrected chi connectivity index (χ3v) is 10.5. The molecule has 3 heterocycles. The fourth-order valence-corrected chi connectivity index (χ4v) is 8.19. The summed E-state index contributed by atoms with van der Waals surface area (Å²) in [6.07, 6.45) is 3.83. The molecule has 9 heteroatoms. The Morgan fingerprint density at radius 1 is 1.05 bits per heavy atom. The van der Waals surface area contributed by atoms with Gasteiger partial charge in [0.25, 0.3) is 0 Å². The van der Waals surface area contributed by atoms with Crippen LogP contribution in [0.1, 0.15) is 73.6 Å². The highest BCUT2D eigenvalue weighted by Crippen LogP contribution is 2.70. The fraction of sp³-hybridized carbons (Fsp3) is 0.828. The van der Waals surface area contributed by atoms with Gasteiger partial charge in [0.2, 0.25) is 0 Å². The van der Waals surface area contributed by atoms with Crippen molar-refractivity contribution in [2.24, 2.45) is 28.6 Å². The molecule has 5 rings (SSSR count). The lowest BCUT2D eigenvalue weighted by Crippen LogP contribution is -2.72. The first-order valence-corrected chi connectivity index (χ1v) is 14.0. The van der Waals surface area contributed by atoms with Crippen LogP contribution in [0, 0.1) is 28.6 Å². The van der Waals surface area contributed by atoms with E-state index in [4.69, 9.17) is 28.4 Å². The highest BCUT2D eigenvalue weighted by molar-refractivity contribution is 5.87. The van der Waals surface area contributed by atoms with Crippen LogP contribution in [0.5, 0.6) is 0 Å². The number of hydrogen-bond donors (Lipinski definition) is 0. The van der Waals surface area contributed by atoms with Gasteiger partial charge >= 0.3 is 17.9 Å². The predicted octanol–water partition coefficient (Wildman–Crippen LogP) is 3.72. The molecule has 9 nitrogen and oxygen atoms in total. The maximum atomic E-state index is 13.2. The van der Waals surface area contributed by atoms with Gasteiger partial charge in [-0.05, 0) is 51.9 Å². The third-order valence-electron chi connectivity index (χ3n) is 10.5. The van der Waals surface area contributed by atoms with Gasteiger partial charge in [0, 0.05) is 36.7 Å². The van der Waals surface area contributed by atoms with E-state index in [0.29, 0.717) is 44.0 Å². The first-order chi connectivity index (χ1) is 18.0. The van der Waals surface area contributed by atoms with Crippen molar-refractivity contribution < 1.29 is 42.8 Å². The molecular weight excluding hydrogens is 492 g/mol. The summed E-state index contributed by atoms with van der Waals surface area (Å²) in [5, 5.41) is 0. The highest BCUT2D eigenvalue weighted by Gasteiger charge is 2.79. The molecular formula is C29H42O9.